The van der Waals surface area contributed by atoms with Gasteiger partial charge < -0.3 is 14.9 Å². The molecule has 1 atom stereocenters. The Morgan fingerprint density at radius 1 is 1.32 bits per heavy atom. The Kier molecular flexibility index (Phi) is 5.37. The maximum absolute atomic E-state index is 9.14. The number of morpholine rings is 1. The van der Waals surface area contributed by atoms with Crippen molar-refractivity contribution in [1.82, 2.24) is 4.90 Å². The van der Waals surface area contributed by atoms with Crippen LogP contribution in [0.1, 0.15) is 11.1 Å². The van der Waals surface area contributed by atoms with E-state index >= 15 is 0 Å². The number of aliphatic hydroxyl groups excluding tert-OH is 2. The van der Waals surface area contributed by atoms with Crippen LogP contribution in [0.3, 0.4) is 0 Å². The average molecular weight is 261 g/mol. The normalized spacial score (nSPS) is 19.8. The molecule has 0 aliphatic carbocycles. The van der Waals surface area contributed by atoms with Gasteiger partial charge in [0.05, 0.1) is 19.3 Å². The summed E-state index contributed by atoms with van der Waals surface area (Å²) in [6.07, 6.45) is -0.0931. The summed E-state index contributed by atoms with van der Waals surface area (Å²) in [4.78, 5) is 2.25. The van der Waals surface area contributed by atoms with E-state index in [0.29, 0.717) is 6.61 Å². The molecule has 1 heterocycles. The predicted molar refractivity (Wildman–Crippen MR) is 72.5 cm³/mol. The van der Waals surface area contributed by atoms with Crippen LogP contribution >= 0.6 is 0 Å². The van der Waals surface area contributed by atoms with Crippen LogP contribution in [0.5, 0.6) is 0 Å². The summed E-state index contributed by atoms with van der Waals surface area (Å²) < 4.78 is 5.44. The number of nitrogens with zero attached hydrogens (tertiary/aromatic N) is 1. The third-order valence-electron chi connectivity index (χ3n) is 3.14. The van der Waals surface area contributed by atoms with Gasteiger partial charge in [0.1, 0.15) is 6.61 Å². The Bertz CT molecular complexity index is 464. The second-order valence-corrected chi connectivity index (χ2v) is 4.53. The van der Waals surface area contributed by atoms with Crippen LogP contribution in [0.25, 0.3) is 0 Å². The first-order chi connectivity index (χ1) is 9.33. The quantitative estimate of drug-likeness (QED) is 0.765. The fourth-order valence-electron chi connectivity index (χ4n) is 2.19. The highest BCUT2D eigenvalue weighted by atomic mass is 16.5. The van der Waals surface area contributed by atoms with Crippen molar-refractivity contribution in [1.29, 1.82) is 0 Å². The third-order valence-corrected chi connectivity index (χ3v) is 3.14. The van der Waals surface area contributed by atoms with Crippen molar-refractivity contribution in [2.75, 3.05) is 32.9 Å². The molecule has 1 aliphatic heterocycles. The van der Waals surface area contributed by atoms with E-state index in [9.17, 15) is 0 Å². The van der Waals surface area contributed by atoms with E-state index in [0.717, 1.165) is 30.8 Å². The summed E-state index contributed by atoms with van der Waals surface area (Å²) in [6, 6.07) is 7.94. The first-order valence-electron chi connectivity index (χ1n) is 6.46. The number of aliphatic hydroxyl groups is 2. The van der Waals surface area contributed by atoms with Gasteiger partial charge in [0.2, 0.25) is 0 Å². The van der Waals surface area contributed by atoms with Crippen LogP contribution in [0.2, 0.25) is 0 Å². The zero-order chi connectivity index (χ0) is 13.5. The van der Waals surface area contributed by atoms with Gasteiger partial charge in [-0.15, -0.1) is 0 Å². The fraction of sp³-hybridized carbons (Fsp3) is 0.467. The highest BCUT2D eigenvalue weighted by molar-refractivity contribution is 5.41. The summed E-state index contributed by atoms with van der Waals surface area (Å²) in [5.74, 6) is 5.65. The van der Waals surface area contributed by atoms with E-state index in [-0.39, 0.29) is 19.3 Å². The van der Waals surface area contributed by atoms with E-state index < -0.39 is 0 Å². The first-order valence-corrected chi connectivity index (χ1v) is 6.46. The molecule has 1 fully saturated rings. The number of rotatable bonds is 3. The van der Waals surface area contributed by atoms with Crippen LogP contribution in [0.4, 0.5) is 0 Å². The van der Waals surface area contributed by atoms with Gasteiger partial charge >= 0.3 is 0 Å². The number of hydrogen-bond acceptors (Lipinski definition) is 4. The number of hydrogen-bond donors (Lipinski definition) is 2. The minimum atomic E-state index is -0.127. The molecule has 1 unspecified atom stereocenters. The zero-order valence-corrected chi connectivity index (χ0v) is 10.9. The Hall–Kier alpha value is -1.38. The van der Waals surface area contributed by atoms with Crippen LogP contribution in [-0.4, -0.2) is 54.1 Å². The molecule has 1 aromatic carbocycles. The molecule has 1 saturated heterocycles. The van der Waals surface area contributed by atoms with Crippen molar-refractivity contribution in [3.63, 3.8) is 0 Å². The van der Waals surface area contributed by atoms with Gasteiger partial charge in [-0.1, -0.05) is 30.0 Å². The molecule has 0 bridgehead atoms. The van der Waals surface area contributed by atoms with Gasteiger partial charge in [0, 0.05) is 25.2 Å². The van der Waals surface area contributed by atoms with Crippen LogP contribution in [0, 0.1) is 11.8 Å². The molecule has 4 nitrogen and oxygen atoms in total. The van der Waals surface area contributed by atoms with E-state index in [1.807, 2.05) is 24.3 Å². The van der Waals surface area contributed by atoms with Gasteiger partial charge in [-0.05, 0) is 11.6 Å². The summed E-state index contributed by atoms with van der Waals surface area (Å²) in [6.45, 7) is 2.96. The maximum Gasteiger partial charge on any atom is 0.104 e. The second kappa shape index (κ2) is 7.27. The Labute approximate surface area is 113 Å². The van der Waals surface area contributed by atoms with Crippen LogP contribution in [-0.2, 0) is 11.3 Å². The van der Waals surface area contributed by atoms with Crippen LogP contribution < -0.4 is 0 Å². The predicted octanol–water partition coefficient (Wildman–Crippen LogP) is 0.223. The highest BCUT2D eigenvalue weighted by Gasteiger charge is 2.20. The van der Waals surface area contributed by atoms with E-state index in [1.165, 1.54) is 0 Å². The van der Waals surface area contributed by atoms with Gasteiger partial charge in [-0.25, -0.2) is 0 Å². The molecule has 1 aliphatic rings. The van der Waals surface area contributed by atoms with Gasteiger partial charge in [0.25, 0.3) is 0 Å². The van der Waals surface area contributed by atoms with Crippen molar-refractivity contribution in [3.8, 4) is 11.8 Å². The molecule has 0 amide bonds. The largest absolute Gasteiger partial charge is 0.394 e. The molecule has 0 spiro atoms. The van der Waals surface area contributed by atoms with Crippen molar-refractivity contribution >= 4 is 0 Å². The lowest BCUT2D eigenvalue weighted by molar-refractivity contribution is -0.0551. The Morgan fingerprint density at radius 3 is 2.95 bits per heavy atom. The monoisotopic (exact) mass is 261 g/mol. The number of ether oxygens (including phenoxy) is 1. The topological polar surface area (TPSA) is 52.9 Å². The molecule has 0 saturated carbocycles. The molecule has 2 N–H and O–H groups in total. The molecule has 1 aromatic rings. The molecule has 4 heteroatoms. The minimum absolute atomic E-state index is 0.0580. The van der Waals surface area contributed by atoms with E-state index in [4.69, 9.17) is 14.9 Å². The molecule has 2 rings (SSSR count). The van der Waals surface area contributed by atoms with E-state index in [1.54, 1.807) is 0 Å². The zero-order valence-electron chi connectivity index (χ0n) is 10.9. The molecule has 0 radical (unpaired) electrons. The lowest BCUT2D eigenvalue weighted by Crippen LogP contribution is -2.43. The standard InChI is InChI=1S/C15H19NO3/c17-8-3-6-13-4-1-2-5-14(13)10-16-7-9-19-15(11-16)12-18/h1-2,4-5,15,17-18H,7-12H2. The Morgan fingerprint density at radius 2 is 2.16 bits per heavy atom. The maximum atomic E-state index is 9.14. The van der Waals surface area contributed by atoms with Crippen molar-refractivity contribution < 1.29 is 14.9 Å². The smallest absolute Gasteiger partial charge is 0.104 e. The van der Waals surface area contributed by atoms with Crippen molar-refractivity contribution in [3.05, 3.63) is 35.4 Å². The molecular weight excluding hydrogens is 242 g/mol. The Balaban J connectivity index is 2.06. The summed E-state index contributed by atoms with van der Waals surface area (Å²) in [5, 5.41) is 17.9. The fourth-order valence-corrected chi connectivity index (χ4v) is 2.19. The highest BCUT2D eigenvalue weighted by Crippen LogP contribution is 2.13. The van der Waals surface area contributed by atoms with Crippen molar-refractivity contribution in [2.24, 2.45) is 0 Å². The number of benzene rings is 1. The second-order valence-electron chi connectivity index (χ2n) is 4.53. The molecular formula is C15H19NO3. The summed E-state index contributed by atoms with van der Waals surface area (Å²) >= 11 is 0. The van der Waals surface area contributed by atoms with Gasteiger partial charge in [-0.2, -0.15) is 0 Å². The SMILES string of the molecule is OCC#Cc1ccccc1CN1CCOC(CO)C1. The molecule has 102 valence electrons. The van der Waals surface area contributed by atoms with Crippen molar-refractivity contribution in [2.45, 2.75) is 12.6 Å². The van der Waals surface area contributed by atoms with Gasteiger partial charge in [-0.3, -0.25) is 4.90 Å². The lowest BCUT2D eigenvalue weighted by atomic mass is 10.1. The minimum Gasteiger partial charge on any atom is -0.394 e. The average Bonchev–Trinajstić information content (AvgIpc) is 2.46. The third kappa shape index (κ3) is 4.05. The molecule has 0 aromatic heterocycles. The summed E-state index contributed by atoms with van der Waals surface area (Å²) in [7, 11) is 0. The summed E-state index contributed by atoms with van der Waals surface area (Å²) in [5.41, 5.74) is 2.09. The molecule has 19 heavy (non-hydrogen) atoms. The van der Waals surface area contributed by atoms with E-state index in [2.05, 4.69) is 16.7 Å². The van der Waals surface area contributed by atoms with Crippen LogP contribution in [0.15, 0.2) is 24.3 Å². The van der Waals surface area contributed by atoms with Gasteiger partial charge in [0.15, 0.2) is 0 Å². The first kappa shape index (κ1) is 14.0. The lowest BCUT2D eigenvalue weighted by Gasteiger charge is -2.32.